The van der Waals surface area contributed by atoms with Gasteiger partial charge >= 0.3 is 0 Å². The SMILES string of the molecule is C=CCNC(=O)CCCn1c(=S)[nH]c2cc3c(cc2c1=O)OCO3. The average molecular weight is 347 g/mol. The topological polar surface area (TPSA) is 85.4 Å². The van der Waals surface area contributed by atoms with Gasteiger partial charge in [-0.25, -0.2) is 0 Å². The lowest BCUT2D eigenvalue weighted by molar-refractivity contribution is -0.121. The summed E-state index contributed by atoms with van der Waals surface area (Å²) in [6.07, 6.45) is 2.44. The molecule has 2 heterocycles. The zero-order chi connectivity index (χ0) is 17.1. The first-order chi connectivity index (χ1) is 11.6. The van der Waals surface area contributed by atoms with E-state index in [-0.39, 0.29) is 18.3 Å². The van der Waals surface area contributed by atoms with E-state index in [1.807, 2.05) is 0 Å². The smallest absolute Gasteiger partial charge is 0.262 e. The molecule has 1 amide bonds. The Morgan fingerprint density at radius 1 is 1.42 bits per heavy atom. The number of nitrogens with one attached hydrogen (secondary N) is 2. The Kier molecular flexibility index (Phi) is 4.66. The maximum atomic E-state index is 12.7. The maximum absolute atomic E-state index is 12.7. The van der Waals surface area contributed by atoms with E-state index in [0.717, 1.165) is 0 Å². The number of hydrogen-bond donors (Lipinski definition) is 2. The first kappa shape index (κ1) is 16.3. The van der Waals surface area contributed by atoms with Crippen molar-refractivity contribution in [2.45, 2.75) is 19.4 Å². The van der Waals surface area contributed by atoms with E-state index >= 15 is 0 Å². The number of aromatic amines is 1. The van der Waals surface area contributed by atoms with Crippen LogP contribution in [0.3, 0.4) is 0 Å². The summed E-state index contributed by atoms with van der Waals surface area (Å²) in [7, 11) is 0. The third-order valence-corrected chi connectivity index (χ3v) is 4.03. The van der Waals surface area contributed by atoms with Gasteiger partial charge in [0.25, 0.3) is 5.56 Å². The van der Waals surface area contributed by atoms with Gasteiger partial charge < -0.3 is 19.8 Å². The zero-order valence-electron chi connectivity index (χ0n) is 13.0. The average Bonchev–Trinajstić information content (AvgIpc) is 3.01. The maximum Gasteiger partial charge on any atom is 0.262 e. The lowest BCUT2D eigenvalue weighted by Crippen LogP contribution is -2.25. The van der Waals surface area contributed by atoms with Gasteiger partial charge in [0, 0.05) is 25.6 Å². The van der Waals surface area contributed by atoms with E-state index in [4.69, 9.17) is 21.7 Å². The number of fused-ring (bicyclic) bond motifs is 2. The number of hydrogen-bond acceptors (Lipinski definition) is 5. The molecule has 2 aromatic rings. The van der Waals surface area contributed by atoms with Crippen molar-refractivity contribution in [3.05, 3.63) is 39.9 Å². The molecule has 0 saturated heterocycles. The molecule has 0 unspecified atom stereocenters. The first-order valence-corrected chi connectivity index (χ1v) is 7.95. The van der Waals surface area contributed by atoms with Gasteiger partial charge in [-0.1, -0.05) is 6.08 Å². The molecule has 1 aliphatic heterocycles. The van der Waals surface area contributed by atoms with Crippen molar-refractivity contribution in [3.8, 4) is 11.5 Å². The molecule has 0 bridgehead atoms. The lowest BCUT2D eigenvalue weighted by Gasteiger charge is -2.09. The van der Waals surface area contributed by atoms with Gasteiger partial charge in [0.1, 0.15) is 0 Å². The highest BCUT2D eigenvalue weighted by Crippen LogP contribution is 2.34. The highest BCUT2D eigenvalue weighted by molar-refractivity contribution is 7.71. The molecule has 1 aromatic carbocycles. The molecular formula is C16H17N3O4S. The molecule has 1 aliphatic rings. The van der Waals surface area contributed by atoms with Crippen molar-refractivity contribution >= 4 is 29.0 Å². The molecule has 0 radical (unpaired) electrons. The number of rotatable bonds is 6. The summed E-state index contributed by atoms with van der Waals surface area (Å²) in [4.78, 5) is 27.3. The molecule has 0 aliphatic carbocycles. The van der Waals surface area contributed by atoms with Crippen molar-refractivity contribution < 1.29 is 14.3 Å². The Labute approximate surface area is 142 Å². The summed E-state index contributed by atoms with van der Waals surface area (Å²) in [5.41, 5.74) is 0.396. The molecule has 7 nitrogen and oxygen atoms in total. The summed E-state index contributed by atoms with van der Waals surface area (Å²) >= 11 is 5.27. The number of ether oxygens (including phenoxy) is 2. The van der Waals surface area contributed by atoms with Gasteiger partial charge in [0.2, 0.25) is 12.7 Å². The normalized spacial score (nSPS) is 12.3. The van der Waals surface area contributed by atoms with Crippen LogP contribution in [0.4, 0.5) is 0 Å². The second-order valence-corrected chi connectivity index (χ2v) is 5.72. The second kappa shape index (κ2) is 6.88. The Hall–Kier alpha value is -2.61. The minimum atomic E-state index is -0.210. The van der Waals surface area contributed by atoms with Crippen LogP contribution in [-0.2, 0) is 11.3 Å². The Morgan fingerprint density at radius 2 is 2.17 bits per heavy atom. The fourth-order valence-corrected chi connectivity index (χ4v) is 2.80. The number of H-pyrrole nitrogens is 1. The van der Waals surface area contributed by atoms with Gasteiger partial charge in [0.05, 0.1) is 10.9 Å². The molecule has 2 N–H and O–H groups in total. The Bertz CT molecular complexity index is 916. The van der Waals surface area contributed by atoms with Crippen molar-refractivity contribution in [2.24, 2.45) is 0 Å². The highest BCUT2D eigenvalue weighted by Gasteiger charge is 2.17. The monoisotopic (exact) mass is 347 g/mol. The molecule has 1 aromatic heterocycles. The number of carbonyl (C=O) groups is 1. The minimum Gasteiger partial charge on any atom is -0.454 e. The standard InChI is InChI=1S/C16H17N3O4S/c1-2-5-17-14(20)4-3-6-19-15(21)10-7-12-13(23-9-22-12)8-11(10)18-16(19)24/h2,7-8H,1,3-6,9H2,(H,17,20)(H,18,24). The van der Waals surface area contributed by atoms with E-state index in [1.165, 1.54) is 4.57 Å². The third kappa shape index (κ3) is 3.18. The number of benzene rings is 1. The zero-order valence-corrected chi connectivity index (χ0v) is 13.8. The molecule has 24 heavy (non-hydrogen) atoms. The predicted octanol–water partition coefficient (Wildman–Crippen LogP) is 1.87. The number of carbonyl (C=O) groups excluding carboxylic acids is 1. The summed E-state index contributed by atoms with van der Waals surface area (Å²) in [6, 6.07) is 3.36. The van der Waals surface area contributed by atoms with Crippen LogP contribution in [0.25, 0.3) is 10.9 Å². The van der Waals surface area contributed by atoms with Gasteiger partial charge in [-0.2, -0.15) is 0 Å². The Balaban J connectivity index is 1.82. The molecule has 0 saturated carbocycles. The molecular weight excluding hydrogens is 330 g/mol. The third-order valence-electron chi connectivity index (χ3n) is 3.70. The summed E-state index contributed by atoms with van der Waals surface area (Å²) in [6.45, 7) is 4.47. The fourth-order valence-electron chi connectivity index (χ4n) is 2.52. The fraction of sp³-hybridized carbons (Fsp3) is 0.312. The van der Waals surface area contributed by atoms with Crippen molar-refractivity contribution in [2.75, 3.05) is 13.3 Å². The molecule has 0 fully saturated rings. The van der Waals surface area contributed by atoms with Crippen LogP contribution in [0, 0.1) is 4.77 Å². The van der Waals surface area contributed by atoms with Crippen LogP contribution in [0.15, 0.2) is 29.6 Å². The van der Waals surface area contributed by atoms with Gasteiger partial charge in [-0.3, -0.25) is 14.2 Å². The van der Waals surface area contributed by atoms with E-state index in [0.29, 0.717) is 53.1 Å². The molecule has 8 heteroatoms. The van der Waals surface area contributed by atoms with E-state index in [2.05, 4.69) is 16.9 Å². The van der Waals surface area contributed by atoms with Crippen LogP contribution in [0.5, 0.6) is 11.5 Å². The van der Waals surface area contributed by atoms with Crippen LogP contribution in [-0.4, -0.2) is 28.8 Å². The number of amides is 1. The Morgan fingerprint density at radius 3 is 2.92 bits per heavy atom. The van der Waals surface area contributed by atoms with E-state index in [9.17, 15) is 9.59 Å². The first-order valence-electron chi connectivity index (χ1n) is 7.54. The molecule has 126 valence electrons. The molecule has 3 rings (SSSR count). The second-order valence-electron chi connectivity index (χ2n) is 5.33. The van der Waals surface area contributed by atoms with Crippen molar-refractivity contribution in [1.29, 1.82) is 0 Å². The van der Waals surface area contributed by atoms with Crippen molar-refractivity contribution in [3.63, 3.8) is 0 Å². The largest absolute Gasteiger partial charge is 0.454 e. The molecule has 0 atom stereocenters. The van der Waals surface area contributed by atoms with Crippen LogP contribution in [0.1, 0.15) is 12.8 Å². The highest BCUT2D eigenvalue weighted by atomic mass is 32.1. The van der Waals surface area contributed by atoms with Gasteiger partial charge in [-0.05, 0) is 24.7 Å². The number of aromatic nitrogens is 2. The van der Waals surface area contributed by atoms with Crippen LogP contribution < -0.4 is 20.3 Å². The summed E-state index contributed by atoms with van der Waals surface area (Å²) in [5, 5.41) is 3.17. The van der Waals surface area contributed by atoms with E-state index in [1.54, 1.807) is 18.2 Å². The minimum absolute atomic E-state index is 0.0815. The van der Waals surface area contributed by atoms with E-state index < -0.39 is 0 Å². The van der Waals surface area contributed by atoms with Crippen LogP contribution in [0.2, 0.25) is 0 Å². The predicted molar refractivity (Wildman–Crippen MR) is 92.0 cm³/mol. The van der Waals surface area contributed by atoms with Gasteiger partial charge in [0.15, 0.2) is 16.3 Å². The number of nitrogens with zero attached hydrogens (tertiary/aromatic N) is 1. The lowest BCUT2D eigenvalue weighted by atomic mass is 10.2. The quantitative estimate of drug-likeness (QED) is 0.615. The van der Waals surface area contributed by atoms with Gasteiger partial charge in [-0.15, -0.1) is 6.58 Å². The summed E-state index contributed by atoms with van der Waals surface area (Å²) in [5.74, 6) is 1.05. The van der Waals surface area contributed by atoms with Crippen LogP contribution >= 0.6 is 12.2 Å². The summed E-state index contributed by atoms with van der Waals surface area (Å²) < 4.78 is 12.4. The van der Waals surface area contributed by atoms with Crippen molar-refractivity contribution in [1.82, 2.24) is 14.9 Å². The molecule has 0 spiro atoms.